The highest BCUT2D eigenvalue weighted by molar-refractivity contribution is 6.35. The van der Waals surface area contributed by atoms with Crippen LogP contribution in [0.25, 0.3) is 0 Å². The SMILES string of the molecule is Cc1cc(Cl)cc(Cl)c1CNC1CCC1NCC(F)(F)C(F)(F)F. The van der Waals surface area contributed by atoms with E-state index in [9.17, 15) is 22.0 Å². The van der Waals surface area contributed by atoms with E-state index in [0.29, 0.717) is 29.4 Å². The first-order valence-electron chi connectivity index (χ1n) is 7.37. The molecule has 2 nitrogen and oxygen atoms in total. The Hall–Kier alpha value is -0.630. The molecule has 0 heterocycles. The smallest absolute Gasteiger partial charge is 0.308 e. The van der Waals surface area contributed by atoms with Gasteiger partial charge in [-0.25, -0.2) is 0 Å². The van der Waals surface area contributed by atoms with Gasteiger partial charge in [-0.05, 0) is 43.0 Å². The van der Waals surface area contributed by atoms with Crippen molar-refractivity contribution in [1.82, 2.24) is 10.6 Å². The summed E-state index contributed by atoms with van der Waals surface area (Å²) in [5, 5.41) is 6.45. The van der Waals surface area contributed by atoms with Crippen LogP contribution in [0.4, 0.5) is 22.0 Å². The van der Waals surface area contributed by atoms with E-state index in [0.717, 1.165) is 11.1 Å². The Morgan fingerprint density at radius 3 is 2.12 bits per heavy atom. The first-order valence-corrected chi connectivity index (χ1v) is 8.12. The molecule has 0 radical (unpaired) electrons. The van der Waals surface area contributed by atoms with Gasteiger partial charge in [0.05, 0.1) is 6.54 Å². The summed E-state index contributed by atoms with van der Waals surface area (Å²) in [6.45, 7) is 0.815. The third-order valence-corrected chi connectivity index (χ3v) is 4.76. The fourth-order valence-corrected chi connectivity index (χ4v) is 3.20. The highest BCUT2D eigenvalue weighted by Crippen LogP contribution is 2.35. The van der Waals surface area contributed by atoms with Crippen LogP contribution in [0.1, 0.15) is 24.0 Å². The van der Waals surface area contributed by atoms with Gasteiger partial charge in [0.1, 0.15) is 0 Å². The van der Waals surface area contributed by atoms with Gasteiger partial charge < -0.3 is 10.6 Å². The van der Waals surface area contributed by atoms with Crippen molar-refractivity contribution in [3.8, 4) is 0 Å². The average molecular weight is 391 g/mol. The molecule has 1 aromatic rings. The van der Waals surface area contributed by atoms with Crippen molar-refractivity contribution in [3.63, 3.8) is 0 Å². The van der Waals surface area contributed by atoms with Crippen LogP contribution in [0.15, 0.2) is 12.1 Å². The fourth-order valence-electron chi connectivity index (χ4n) is 2.54. The molecule has 0 aromatic heterocycles. The lowest BCUT2D eigenvalue weighted by atomic mass is 9.86. The van der Waals surface area contributed by atoms with Gasteiger partial charge in [0, 0.05) is 28.7 Å². The summed E-state index contributed by atoms with van der Waals surface area (Å²) in [5.74, 6) is -4.73. The first-order chi connectivity index (χ1) is 11.0. The summed E-state index contributed by atoms with van der Waals surface area (Å²) in [6.07, 6.45) is -4.31. The van der Waals surface area contributed by atoms with E-state index in [1.807, 2.05) is 6.92 Å². The molecule has 1 fully saturated rings. The lowest BCUT2D eigenvalue weighted by Crippen LogP contribution is -2.58. The van der Waals surface area contributed by atoms with E-state index in [1.54, 1.807) is 12.1 Å². The second-order valence-electron chi connectivity index (χ2n) is 5.94. The lowest BCUT2D eigenvalue weighted by molar-refractivity contribution is -0.279. The van der Waals surface area contributed by atoms with Gasteiger partial charge in [-0.1, -0.05) is 23.2 Å². The van der Waals surface area contributed by atoms with Crippen LogP contribution >= 0.6 is 23.2 Å². The summed E-state index contributed by atoms with van der Waals surface area (Å²) in [4.78, 5) is 0. The minimum atomic E-state index is -5.54. The van der Waals surface area contributed by atoms with Crippen LogP contribution < -0.4 is 10.6 Å². The minimum absolute atomic E-state index is 0.180. The summed E-state index contributed by atoms with van der Waals surface area (Å²) in [5.41, 5.74) is 1.71. The van der Waals surface area contributed by atoms with Crippen molar-refractivity contribution in [2.45, 2.75) is 50.5 Å². The van der Waals surface area contributed by atoms with Gasteiger partial charge in [-0.3, -0.25) is 0 Å². The summed E-state index contributed by atoms with van der Waals surface area (Å²) in [7, 11) is 0. The predicted molar refractivity (Wildman–Crippen MR) is 83.9 cm³/mol. The fraction of sp³-hybridized carbons (Fsp3) is 0.600. The molecule has 0 spiro atoms. The van der Waals surface area contributed by atoms with Crippen molar-refractivity contribution in [2.75, 3.05) is 6.54 Å². The van der Waals surface area contributed by atoms with Crippen LogP contribution in [0.3, 0.4) is 0 Å². The molecule has 2 atom stereocenters. The minimum Gasteiger partial charge on any atom is -0.308 e. The Morgan fingerprint density at radius 2 is 1.62 bits per heavy atom. The van der Waals surface area contributed by atoms with Gasteiger partial charge in [0.15, 0.2) is 0 Å². The Kier molecular flexibility index (Phi) is 6.00. The molecule has 9 heteroatoms. The Labute approximate surface area is 146 Å². The molecule has 0 saturated heterocycles. The van der Waals surface area contributed by atoms with Crippen LogP contribution in [-0.4, -0.2) is 30.7 Å². The molecule has 1 aromatic carbocycles. The maximum atomic E-state index is 12.9. The second kappa shape index (κ2) is 7.32. The molecule has 24 heavy (non-hydrogen) atoms. The van der Waals surface area contributed by atoms with E-state index in [1.165, 1.54) is 0 Å². The molecule has 1 aliphatic rings. The normalized spacial score (nSPS) is 21.7. The Morgan fingerprint density at radius 1 is 1.04 bits per heavy atom. The zero-order chi connectivity index (χ0) is 18.1. The van der Waals surface area contributed by atoms with Gasteiger partial charge in [-0.15, -0.1) is 0 Å². The molecular weight excluding hydrogens is 374 g/mol. The van der Waals surface area contributed by atoms with Gasteiger partial charge >= 0.3 is 12.1 Å². The molecule has 1 saturated carbocycles. The van der Waals surface area contributed by atoms with E-state index in [4.69, 9.17) is 23.2 Å². The molecule has 136 valence electrons. The lowest BCUT2D eigenvalue weighted by Gasteiger charge is -2.39. The van der Waals surface area contributed by atoms with Gasteiger partial charge in [-0.2, -0.15) is 22.0 Å². The molecule has 0 aliphatic heterocycles. The van der Waals surface area contributed by atoms with Crippen molar-refractivity contribution in [2.24, 2.45) is 0 Å². The Bertz CT molecular complexity index is 569. The number of alkyl halides is 5. The zero-order valence-corrected chi connectivity index (χ0v) is 14.3. The third-order valence-electron chi connectivity index (χ3n) is 4.20. The average Bonchev–Trinajstić information content (AvgIpc) is 2.39. The molecular formula is C15H17Cl2F5N2. The van der Waals surface area contributed by atoms with Crippen molar-refractivity contribution in [3.05, 3.63) is 33.3 Å². The number of rotatable bonds is 6. The van der Waals surface area contributed by atoms with Crippen LogP contribution in [0, 0.1) is 6.92 Å². The van der Waals surface area contributed by atoms with E-state index in [2.05, 4.69) is 10.6 Å². The maximum absolute atomic E-state index is 12.9. The third kappa shape index (κ3) is 4.50. The number of halogens is 7. The van der Waals surface area contributed by atoms with Crippen LogP contribution in [0.2, 0.25) is 10.0 Å². The van der Waals surface area contributed by atoms with Crippen LogP contribution in [-0.2, 0) is 6.54 Å². The second-order valence-corrected chi connectivity index (χ2v) is 6.78. The summed E-state index contributed by atoms with van der Waals surface area (Å²) in [6, 6.07) is 2.75. The predicted octanol–water partition coefficient (Wildman–Crippen LogP) is 4.71. The van der Waals surface area contributed by atoms with Crippen molar-refractivity contribution >= 4 is 23.2 Å². The van der Waals surface area contributed by atoms with Gasteiger partial charge in [0.25, 0.3) is 0 Å². The molecule has 2 N–H and O–H groups in total. The molecule has 1 aliphatic carbocycles. The number of aryl methyl sites for hydroxylation is 1. The standard InChI is InChI=1S/C15H17Cl2F5N2/c1-8-4-9(16)5-11(17)10(8)6-23-12-2-3-13(12)24-7-14(18,19)15(20,21)22/h4-5,12-13,23-24H,2-3,6-7H2,1H3. The molecule has 2 rings (SSSR count). The monoisotopic (exact) mass is 390 g/mol. The van der Waals surface area contributed by atoms with E-state index >= 15 is 0 Å². The summed E-state index contributed by atoms with van der Waals surface area (Å²) < 4.78 is 62.4. The van der Waals surface area contributed by atoms with E-state index < -0.39 is 24.7 Å². The van der Waals surface area contributed by atoms with Crippen LogP contribution in [0.5, 0.6) is 0 Å². The van der Waals surface area contributed by atoms with Crippen molar-refractivity contribution in [1.29, 1.82) is 0 Å². The summed E-state index contributed by atoms with van der Waals surface area (Å²) >= 11 is 12.0. The number of hydrogen-bond acceptors (Lipinski definition) is 2. The molecule has 0 amide bonds. The Balaban J connectivity index is 1.87. The highest BCUT2D eigenvalue weighted by atomic mass is 35.5. The highest BCUT2D eigenvalue weighted by Gasteiger charge is 2.57. The maximum Gasteiger partial charge on any atom is 0.454 e. The van der Waals surface area contributed by atoms with E-state index in [-0.39, 0.29) is 6.04 Å². The largest absolute Gasteiger partial charge is 0.454 e. The number of nitrogens with one attached hydrogen (secondary N) is 2. The molecule has 2 unspecified atom stereocenters. The van der Waals surface area contributed by atoms with Crippen molar-refractivity contribution < 1.29 is 22.0 Å². The number of hydrogen-bond donors (Lipinski definition) is 2. The quantitative estimate of drug-likeness (QED) is 0.687. The molecule has 0 bridgehead atoms. The zero-order valence-electron chi connectivity index (χ0n) is 12.8. The number of benzene rings is 1. The first kappa shape index (κ1) is 19.7. The topological polar surface area (TPSA) is 24.1 Å². The van der Waals surface area contributed by atoms with Gasteiger partial charge in [0.2, 0.25) is 0 Å².